The zero-order valence-corrected chi connectivity index (χ0v) is 25.5. The molecule has 0 saturated carbocycles. The van der Waals surface area contributed by atoms with Crippen LogP contribution in [-0.4, -0.2) is 23.1 Å². The van der Waals surface area contributed by atoms with E-state index in [0.717, 1.165) is 38.5 Å². The predicted molar refractivity (Wildman–Crippen MR) is 163 cm³/mol. The van der Waals surface area contributed by atoms with E-state index in [9.17, 15) is 9.59 Å². The predicted octanol–water partition coefficient (Wildman–Crippen LogP) is 11.1. The van der Waals surface area contributed by atoms with Crippen LogP contribution in [0.2, 0.25) is 0 Å². The van der Waals surface area contributed by atoms with Gasteiger partial charge in [-0.15, -0.1) is 0 Å². The van der Waals surface area contributed by atoms with Crippen molar-refractivity contribution in [2.75, 3.05) is 0 Å². The van der Waals surface area contributed by atoms with Crippen LogP contribution in [0.15, 0.2) is 12.2 Å². The van der Waals surface area contributed by atoms with Crippen molar-refractivity contribution in [2.24, 2.45) is 0 Å². The summed E-state index contributed by atoms with van der Waals surface area (Å²) in [5, 5.41) is 8.86. The number of carbonyl (C=O) groups excluding carboxylic acids is 1. The van der Waals surface area contributed by atoms with E-state index < -0.39 is 5.97 Å². The van der Waals surface area contributed by atoms with Gasteiger partial charge in [0, 0.05) is 12.8 Å². The summed E-state index contributed by atoms with van der Waals surface area (Å²) in [6, 6.07) is 0. The van der Waals surface area contributed by atoms with Crippen LogP contribution < -0.4 is 0 Å². The number of ether oxygens (including phenoxy) is 1. The summed E-state index contributed by atoms with van der Waals surface area (Å²) in [5.74, 6) is -0.808. The van der Waals surface area contributed by atoms with E-state index in [1.807, 2.05) is 0 Å². The molecule has 0 aliphatic heterocycles. The van der Waals surface area contributed by atoms with Gasteiger partial charge in [0.1, 0.15) is 6.10 Å². The molecule has 0 spiro atoms. The molecular weight excluding hydrogens is 472 g/mol. The molecule has 0 saturated heterocycles. The van der Waals surface area contributed by atoms with Crippen molar-refractivity contribution in [1.82, 2.24) is 0 Å². The highest BCUT2D eigenvalue weighted by atomic mass is 16.5. The molecule has 0 fully saturated rings. The minimum absolute atomic E-state index is 0.0395. The summed E-state index contributed by atoms with van der Waals surface area (Å²) in [6.45, 7) is 4.50. The number of carbonyl (C=O) groups is 2. The molecule has 4 heteroatoms. The van der Waals surface area contributed by atoms with Gasteiger partial charge in [-0.3, -0.25) is 9.59 Å². The third kappa shape index (κ3) is 29.2. The number of esters is 1. The van der Waals surface area contributed by atoms with Gasteiger partial charge in [0.2, 0.25) is 0 Å². The Morgan fingerprint density at radius 2 is 0.947 bits per heavy atom. The minimum Gasteiger partial charge on any atom is -0.481 e. The molecule has 1 N–H and O–H groups in total. The quantitative estimate of drug-likeness (QED) is 0.0563. The molecule has 0 aliphatic carbocycles. The highest BCUT2D eigenvalue weighted by molar-refractivity contribution is 5.69. The Hall–Kier alpha value is -1.32. The Bertz CT molecular complexity index is 543. The maximum absolute atomic E-state index is 12.4. The summed E-state index contributed by atoms with van der Waals surface area (Å²) in [5.41, 5.74) is 0. The molecule has 0 aliphatic rings. The molecule has 0 radical (unpaired) electrons. The van der Waals surface area contributed by atoms with E-state index >= 15 is 0 Å². The standard InChI is InChI=1S/C34H64O4/c1-3-5-7-9-11-12-13-14-15-16-17-18-19-20-21-23-25-31-34(37)38-32(29-26-27-30-33(35)36)28-24-22-10-8-6-4-2/h14-15,32H,3-13,16-31H2,1-2H3,(H,35,36)/b15-14-. The van der Waals surface area contributed by atoms with Crippen molar-refractivity contribution in [3.05, 3.63) is 12.2 Å². The second kappa shape index (κ2) is 30.2. The molecule has 0 aromatic rings. The number of allylic oxidation sites excluding steroid dienone is 2. The fourth-order valence-corrected chi connectivity index (χ4v) is 5.00. The average Bonchev–Trinajstić information content (AvgIpc) is 2.90. The third-order valence-electron chi connectivity index (χ3n) is 7.49. The van der Waals surface area contributed by atoms with Crippen molar-refractivity contribution in [3.8, 4) is 0 Å². The molecule has 0 bridgehead atoms. The van der Waals surface area contributed by atoms with Crippen LogP contribution in [0.4, 0.5) is 0 Å². The summed E-state index contributed by atoms with van der Waals surface area (Å²) in [4.78, 5) is 23.2. The monoisotopic (exact) mass is 536 g/mol. The Labute approximate surface area is 236 Å². The lowest BCUT2D eigenvalue weighted by molar-refractivity contribution is -0.150. The van der Waals surface area contributed by atoms with Crippen molar-refractivity contribution < 1.29 is 19.4 Å². The summed E-state index contributed by atoms with van der Waals surface area (Å²) < 4.78 is 5.82. The van der Waals surface area contributed by atoms with Crippen molar-refractivity contribution in [2.45, 2.75) is 193 Å². The van der Waals surface area contributed by atoms with Gasteiger partial charge in [0.05, 0.1) is 0 Å². The number of hydrogen-bond donors (Lipinski definition) is 1. The van der Waals surface area contributed by atoms with Gasteiger partial charge in [0.15, 0.2) is 0 Å². The highest BCUT2D eigenvalue weighted by Crippen LogP contribution is 2.18. The van der Waals surface area contributed by atoms with E-state index in [1.54, 1.807) is 0 Å². The van der Waals surface area contributed by atoms with E-state index in [2.05, 4.69) is 26.0 Å². The van der Waals surface area contributed by atoms with Gasteiger partial charge < -0.3 is 9.84 Å². The van der Waals surface area contributed by atoms with Crippen LogP contribution in [0, 0.1) is 0 Å². The maximum atomic E-state index is 12.4. The normalized spacial score (nSPS) is 12.3. The molecule has 1 unspecified atom stereocenters. The van der Waals surface area contributed by atoms with Crippen LogP contribution in [0.1, 0.15) is 187 Å². The van der Waals surface area contributed by atoms with E-state index in [4.69, 9.17) is 9.84 Å². The Morgan fingerprint density at radius 1 is 0.553 bits per heavy atom. The zero-order valence-electron chi connectivity index (χ0n) is 25.5. The van der Waals surface area contributed by atoms with Gasteiger partial charge in [-0.2, -0.15) is 0 Å². The first-order valence-corrected chi connectivity index (χ1v) is 16.7. The molecule has 38 heavy (non-hydrogen) atoms. The molecule has 0 rings (SSSR count). The highest BCUT2D eigenvalue weighted by Gasteiger charge is 2.14. The Morgan fingerprint density at radius 3 is 1.45 bits per heavy atom. The topological polar surface area (TPSA) is 63.6 Å². The lowest BCUT2D eigenvalue weighted by Gasteiger charge is -2.18. The van der Waals surface area contributed by atoms with Gasteiger partial charge in [0.25, 0.3) is 0 Å². The molecule has 1 atom stereocenters. The smallest absolute Gasteiger partial charge is 0.306 e. The first-order chi connectivity index (χ1) is 18.6. The lowest BCUT2D eigenvalue weighted by atomic mass is 10.0. The summed E-state index contributed by atoms with van der Waals surface area (Å²) in [6.07, 6.45) is 35.1. The second-order valence-electron chi connectivity index (χ2n) is 11.3. The van der Waals surface area contributed by atoms with E-state index in [-0.39, 0.29) is 18.5 Å². The number of rotatable bonds is 30. The zero-order chi connectivity index (χ0) is 27.9. The van der Waals surface area contributed by atoms with Gasteiger partial charge in [-0.25, -0.2) is 0 Å². The lowest BCUT2D eigenvalue weighted by Crippen LogP contribution is -2.18. The van der Waals surface area contributed by atoms with Crippen LogP contribution >= 0.6 is 0 Å². The third-order valence-corrected chi connectivity index (χ3v) is 7.49. The van der Waals surface area contributed by atoms with E-state index in [0.29, 0.717) is 12.8 Å². The largest absolute Gasteiger partial charge is 0.481 e. The average molecular weight is 537 g/mol. The van der Waals surface area contributed by atoms with Crippen LogP contribution in [0.25, 0.3) is 0 Å². The van der Waals surface area contributed by atoms with E-state index in [1.165, 1.54) is 116 Å². The molecule has 0 heterocycles. The van der Waals surface area contributed by atoms with Crippen LogP contribution in [0.3, 0.4) is 0 Å². The van der Waals surface area contributed by atoms with Crippen molar-refractivity contribution in [1.29, 1.82) is 0 Å². The minimum atomic E-state index is -0.745. The molecule has 224 valence electrons. The molecule has 0 amide bonds. The summed E-state index contributed by atoms with van der Waals surface area (Å²) in [7, 11) is 0. The van der Waals surface area contributed by atoms with Gasteiger partial charge >= 0.3 is 11.9 Å². The Balaban J connectivity index is 3.76. The number of carboxylic acid groups (broad SMARTS) is 1. The second-order valence-corrected chi connectivity index (χ2v) is 11.3. The van der Waals surface area contributed by atoms with Crippen LogP contribution in [-0.2, 0) is 14.3 Å². The molecular formula is C34H64O4. The fraction of sp³-hybridized carbons (Fsp3) is 0.882. The SMILES string of the molecule is CCCCCCCC/C=C\CCCCCCCCCC(=O)OC(CCCCCCCC)CCCCC(=O)O. The maximum Gasteiger partial charge on any atom is 0.306 e. The number of unbranched alkanes of at least 4 members (excludes halogenated alkanes) is 19. The number of carboxylic acids is 1. The summed E-state index contributed by atoms with van der Waals surface area (Å²) >= 11 is 0. The van der Waals surface area contributed by atoms with Gasteiger partial charge in [-0.05, 0) is 64.2 Å². The van der Waals surface area contributed by atoms with Crippen molar-refractivity contribution in [3.63, 3.8) is 0 Å². The Kier molecular flexibility index (Phi) is 29.2. The molecule has 0 aromatic carbocycles. The fourth-order valence-electron chi connectivity index (χ4n) is 5.00. The first kappa shape index (κ1) is 36.7. The number of aliphatic carboxylic acids is 1. The molecule has 4 nitrogen and oxygen atoms in total. The number of hydrogen-bond acceptors (Lipinski definition) is 3. The van der Waals surface area contributed by atoms with Crippen molar-refractivity contribution >= 4 is 11.9 Å². The van der Waals surface area contributed by atoms with Crippen LogP contribution in [0.5, 0.6) is 0 Å². The first-order valence-electron chi connectivity index (χ1n) is 16.7. The van der Waals surface area contributed by atoms with Gasteiger partial charge in [-0.1, -0.05) is 122 Å². The molecule has 0 aromatic heterocycles.